The van der Waals surface area contributed by atoms with Crippen LogP contribution in [-0.4, -0.2) is 47.3 Å². The SMILES string of the molecule is Cc1cc(C)c(CN2CCC[C@@H](C(=O)NCCCO)C2)c(C)c1CO. The summed E-state index contributed by atoms with van der Waals surface area (Å²) in [5.41, 5.74) is 5.86. The highest BCUT2D eigenvalue weighted by atomic mass is 16.3. The molecule has 1 aromatic carbocycles. The third-order valence-corrected chi connectivity index (χ3v) is 5.34. The van der Waals surface area contributed by atoms with E-state index in [0.29, 0.717) is 13.0 Å². The first-order chi connectivity index (χ1) is 12.0. The number of carbonyl (C=O) groups is 1. The Labute approximate surface area is 151 Å². The molecule has 5 nitrogen and oxygen atoms in total. The van der Waals surface area contributed by atoms with Crippen LogP contribution in [0.5, 0.6) is 0 Å². The molecule has 1 heterocycles. The Morgan fingerprint density at radius 1 is 1.24 bits per heavy atom. The van der Waals surface area contributed by atoms with Crippen LogP contribution in [-0.2, 0) is 17.9 Å². The number of carbonyl (C=O) groups excluding carboxylic acids is 1. The van der Waals surface area contributed by atoms with Crippen LogP contribution in [0.1, 0.15) is 47.1 Å². The molecule has 0 aliphatic carbocycles. The van der Waals surface area contributed by atoms with Crippen LogP contribution < -0.4 is 5.32 Å². The summed E-state index contributed by atoms with van der Waals surface area (Å²) in [4.78, 5) is 14.7. The molecule has 1 aromatic rings. The van der Waals surface area contributed by atoms with E-state index in [4.69, 9.17) is 5.11 Å². The molecule has 2 rings (SSSR count). The second-order valence-electron chi connectivity index (χ2n) is 7.19. The summed E-state index contributed by atoms with van der Waals surface area (Å²) in [7, 11) is 0. The number of aliphatic hydroxyl groups excluding tert-OH is 2. The van der Waals surface area contributed by atoms with E-state index in [0.717, 1.165) is 43.6 Å². The molecule has 1 aliphatic heterocycles. The number of likely N-dealkylation sites (tertiary alicyclic amines) is 1. The molecule has 140 valence electrons. The molecule has 1 saturated heterocycles. The van der Waals surface area contributed by atoms with Gasteiger partial charge in [0, 0.05) is 26.2 Å². The summed E-state index contributed by atoms with van der Waals surface area (Å²) < 4.78 is 0. The van der Waals surface area contributed by atoms with Gasteiger partial charge < -0.3 is 15.5 Å². The molecule has 3 N–H and O–H groups in total. The number of nitrogens with one attached hydrogen (secondary N) is 1. The van der Waals surface area contributed by atoms with Crippen LogP contribution in [0.2, 0.25) is 0 Å². The predicted molar refractivity (Wildman–Crippen MR) is 99.3 cm³/mol. The van der Waals surface area contributed by atoms with Crippen molar-refractivity contribution in [1.29, 1.82) is 0 Å². The number of benzene rings is 1. The largest absolute Gasteiger partial charge is 0.396 e. The second-order valence-corrected chi connectivity index (χ2v) is 7.19. The van der Waals surface area contributed by atoms with Crippen molar-refractivity contribution in [1.82, 2.24) is 10.2 Å². The Bertz CT molecular complexity index is 601. The van der Waals surface area contributed by atoms with E-state index in [9.17, 15) is 9.90 Å². The van der Waals surface area contributed by atoms with Gasteiger partial charge in [0.15, 0.2) is 0 Å². The monoisotopic (exact) mass is 348 g/mol. The molecule has 25 heavy (non-hydrogen) atoms. The Morgan fingerprint density at radius 2 is 1.96 bits per heavy atom. The van der Waals surface area contributed by atoms with Crippen molar-refractivity contribution in [3.05, 3.63) is 33.9 Å². The molecule has 1 fully saturated rings. The number of amides is 1. The molecular weight excluding hydrogens is 316 g/mol. The minimum absolute atomic E-state index is 0.0239. The second kappa shape index (κ2) is 9.32. The lowest BCUT2D eigenvalue weighted by atomic mass is 9.92. The van der Waals surface area contributed by atoms with Gasteiger partial charge in [0.2, 0.25) is 5.91 Å². The van der Waals surface area contributed by atoms with E-state index >= 15 is 0 Å². The topological polar surface area (TPSA) is 72.8 Å². The lowest BCUT2D eigenvalue weighted by molar-refractivity contribution is -0.126. The van der Waals surface area contributed by atoms with Gasteiger partial charge >= 0.3 is 0 Å². The van der Waals surface area contributed by atoms with Gasteiger partial charge in [-0.3, -0.25) is 9.69 Å². The zero-order valence-electron chi connectivity index (χ0n) is 15.8. The summed E-state index contributed by atoms with van der Waals surface area (Å²) in [5.74, 6) is 0.127. The summed E-state index contributed by atoms with van der Waals surface area (Å²) in [5, 5.41) is 21.4. The molecular formula is C20H32N2O3. The first-order valence-electron chi connectivity index (χ1n) is 9.28. The van der Waals surface area contributed by atoms with Gasteiger partial charge in [-0.2, -0.15) is 0 Å². The first-order valence-corrected chi connectivity index (χ1v) is 9.28. The summed E-state index contributed by atoms with van der Waals surface area (Å²) in [6, 6.07) is 2.15. The Balaban J connectivity index is 2.04. The molecule has 1 atom stereocenters. The maximum Gasteiger partial charge on any atom is 0.224 e. The maximum absolute atomic E-state index is 12.3. The van der Waals surface area contributed by atoms with Crippen LogP contribution >= 0.6 is 0 Å². The number of rotatable bonds is 7. The Kier molecular flexibility index (Phi) is 7.41. The number of hydrogen-bond acceptors (Lipinski definition) is 4. The fraction of sp³-hybridized carbons (Fsp3) is 0.650. The van der Waals surface area contributed by atoms with Gasteiger partial charge in [-0.25, -0.2) is 0 Å². The number of piperidine rings is 1. The van der Waals surface area contributed by atoms with Gasteiger partial charge in [-0.1, -0.05) is 6.07 Å². The van der Waals surface area contributed by atoms with E-state index in [2.05, 4.69) is 30.1 Å². The van der Waals surface area contributed by atoms with Gasteiger partial charge in [-0.15, -0.1) is 0 Å². The fourth-order valence-corrected chi connectivity index (χ4v) is 3.83. The van der Waals surface area contributed by atoms with E-state index in [1.807, 2.05) is 6.92 Å². The number of hydrogen-bond donors (Lipinski definition) is 3. The summed E-state index contributed by atoms with van der Waals surface area (Å²) >= 11 is 0. The smallest absolute Gasteiger partial charge is 0.224 e. The third-order valence-electron chi connectivity index (χ3n) is 5.34. The number of aliphatic hydroxyl groups is 2. The van der Waals surface area contributed by atoms with Crippen molar-refractivity contribution in [3.63, 3.8) is 0 Å². The quantitative estimate of drug-likeness (QED) is 0.657. The van der Waals surface area contributed by atoms with Crippen molar-refractivity contribution in [2.45, 2.75) is 53.2 Å². The lowest BCUT2D eigenvalue weighted by Gasteiger charge is -2.33. The molecule has 0 bridgehead atoms. The molecule has 0 spiro atoms. The van der Waals surface area contributed by atoms with E-state index in [-0.39, 0.29) is 25.0 Å². The minimum Gasteiger partial charge on any atom is -0.396 e. The number of nitrogens with zero attached hydrogens (tertiary/aromatic N) is 1. The highest BCUT2D eigenvalue weighted by molar-refractivity contribution is 5.78. The van der Waals surface area contributed by atoms with Crippen molar-refractivity contribution in [2.75, 3.05) is 26.2 Å². The van der Waals surface area contributed by atoms with Crippen molar-refractivity contribution in [3.8, 4) is 0 Å². The maximum atomic E-state index is 12.3. The Hall–Kier alpha value is -1.43. The van der Waals surface area contributed by atoms with E-state index in [1.54, 1.807) is 0 Å². The Morgan fingerprint density at radius 3 is 2.64 bits per heavy atom. The first kappa shape index (κ1) is 19.9. The molecule has 1 amide bonds. The standard InChI is InChI=1S/C20H32N2O3/c1-14-10-15(2)19(13-24)16(3)18(14)12-22-8-4-6-17(11-22)20(25)21-7-5-9-23/h10,17,23-24H,4-9,11-13H2,1-3H3,(H,21,25)/t17-/m1/s1. The fourth-order valence-electron chi connectivity index (χ4n) is 3.83. The predicted octanol–water partition coefficient (Wildman–Crippen LogP) is 1.81. The van der Waals surface area contributed by atoms with Crippen LogP contribution in [0.25, 0.3) is 0 Å². The normalized spacial score (nSPS) is 18.4. The average Bonchev–Trinajstić information content (AvgIpc) is 2.59. The average molecular weight is 348 g/mol. The summed E-state index contributed by atoms with van der Waals surface area (Å²) in [6.07, 6.45) is 2.55. The van der Waals surface area contributed by atoms with E-state index in [1.165, 1.54) is 16.7 Å². The van der Waals surface area contributed by atoms with Gasteiger partial charge in [0.05, 0.1) is 12.5 Å². The van der Waals surface area contributed by atoms with Crippen LogP contribution in [0.15, 0.2) is 6.07 Å². The molecule has 5 heteroatoms. The van der Waals surface area contributed by atoms with Crippen LogP contribution in [0.4, 0.5) is 0 Å². The van der Waals surface area contributed by atoms with Crippen molar-refractivity contribution < 1.29 is 15.0 Å². The molecule has 0 aromatic heterocycles. The summed E-state index contributed by atoms with van der Waals surface area (Å²) in [6.45, 7) is 9.57. The highest BCUT2D eigenvalue weighted by Crippen LogP contribution is 2.26. The zero-order valence-corrected chi connectivity index (χ0v) is 15.8. The van der Waals surface area contributed by atoms with E-state index < -0.39 is 0 Å². The third kappa shape index (κ3) is 5.03. The lowest BCUT2D eigenvalue weighted by Crippen LogP contribution is -2.43. The zero-order chi connectivity index (χ0) is 18.4. The minimum atomic E-state index is 0.0239. The van der Waals surface area contributed by atoms with Gasteiger partial charge in [0.1, 0.15) is 0 Å². The van der Waals surface area contributed by atoms with Crippen LogP contribution in [0.3, 0.4) is 0 Å². The highest BCUT2D eigenvalue weighted by Gasteiger charge is 2.26. The molecule has 0 saturated carbocycles. The molecule has 0 radical (unpaired) electrons. The van der Waals surface area contributed by atoms with Crippen LogP contribution in [0, 0.1) is 26.7 Å². The van der Waals surface area contributed by atoms with Gasteiger partial charge in [-0.05, 0) is 74.4 Å². The molecule has 0 unspecified atom stereocenters. The van der Waals surface area contributed by atoms with Crippen molar-refractivity contribution in [2.24, 2.45) is 5.92 Å². The molecule has 1 aliphatic rings. The van der Waals surface area contributed by atoms with Gasteiger partial charge in [0.25, 0.3) is 0 Å². The van der Waals surface area contributed by atoms with Crippen molar-refractivity contribution >= 4 is 5.91 Å². The number of aryl methyl sites for hydroxylation is 2.